The molecule has 198 valence electrons. The van der Waals surface area contributed by atoms with Crippen LogP contribution in [0.25, 0.3) is 28.4 Å². The van der Waals surface area contributed by atoms with Gasteiger partial charge in [0.05, 0.1) is 12.2 Å². The molecule has 0 fully saturated rings. The number of carbonyl (C=O) groups is 2. The van der Waals surface area contributed by atoms with E-state index in [1.54, 1.807) is 42.5 Å². The van der Waals surface area contributed by atoms with E-state index in [2.05, 4.69) is 6.92 Å². The Morgan fingerprint density at radius 1 is 0.875 bits per heavy atom. The van der Waals surface area contributed by atoms with Gasteiger partial charge in [0.2, 0.25) is 5.78 Å². The first kappa shape index (κ1) is 25.2. The molecule has 0 amide bonds. The predicted molar refractivity (Wildman–Crippen MR) is 153 cm³/mol. The van der Waals surface area contributed by atoms with Crippen molar-refractivity contribution in [1.29, 1.82) is 0 Å². The minimum absolute atomic E-state index is 0.219. The second kappa shape index (κ2) is 10.6. The number of hydrogen-bond acceptors (Lipinski definition) is 6. The Hall–Kier alpha value is -5.10. The number of esters is 1. The molecule has 6 rings (SSSR count). The Balaban J connectivity index is 1.31. The van der Waals surface area contributed by atoms with Crippen molar-refractivity contribution in [3.05, 3.63) is 119 Å². The Morgan fingerprint density at radius 2 is 1.65 bits per heavy atom. The molecule has 0 atom stereocenters. The van der Waals surface area contributed by atoms with Crippen LogP contribution in [0.3, 0.4) is 0 Å². The normalized spacial score (nSPS) is 13.3. The lowest BCUT2D eigenvalue weighted by Gasteiger charge is -2.07. The molecule has 4 aromatic carbocycles. The highest BCUT2D eigenvalue weighted by atomic mass is 16.5. The first-order valence-corrected chi connectivity index (χ1v) is 13.2. The first-order chi connectivity index (χ1) is 19.5. The number of ketones is 1. The second-order valence-electron chi connectivity index (χ2n) is 9.35. The molecule has 0 bridgehead atoms. The standard InChI is InChI=1S/C34H26O6/c1-3-21-10-12-22(13-11-21)18-30-32(35)26-16-14-25(20-29(26)39-30)38-34(36)31-27-19-24(37-4-2)15-17-28(27)40-33(31)23-8-6-5-7-9-23/h5-20H,3-4H2,1-2H3/b30-18-. The highest BCUT2D eigenvalue weighted by molar-refractivity contribution is 6.15. The fraction of sp³-hybridized carbons (Fsp3) is 0.118. The molecule has 2 heterocycles. The lowest BCUT2D eigenvalue weighted by molar-refractivity contribution is 0.0736. The monoisotopic (exact) mass is 530 g/mol. The van der Waals surface area contributed by atoms with Crippen LogP contribution >= 0.6 is 0 Å². The minimum Gasteiger partial charge on any atom is -0.494 e. The smallest absolute Gasteiger partial charge is 0.348 e. The van der Waals surface area contributed by atoms with Gasteiger partial charge in [0.15, 0.2) is 5.76 Å². The van der Waals surface area contributed by atoms with Crippen molar-refractivity contribution in [2.45, 2.75) is 20.3 Å². The zero-order chi connectivity index (χ0) is 27.6. The van der Waals surface area contributed by atoms with Crippen molar-refractivity contribution in [1.82, 2.24) is 0 Å². The molecule has 0 aliphatic carbocycles. The largest absolute Gasteiger partial charge is 0.494 e. The molecule has 1 aliphatic rings. The topological polar surface area (TPSA) is 75.0 Å². The molecule has 1 aromatic heterocycles. The zero-order valence-corrected chi connectivity index (χ0v) is 22.1. The molecule has 0 saturated carbocycles. The number of aryl methyl sites for hydroxylation is 1. The summed E-state index contributed by atoms with van der Waals surface area (Å²) in [5.41, 5.74) is 4.07. The third kappa shape index (κ3) is 4.76. The van der Waals surface area contributed by atoms with Gasteiger partial charge < -0.3 is 18.6 Å². The quantitative estimate of drug-likeness (QED) is 0.121. The van der Waals surface area contributed by atoms with Gasteiger partial charge in [-0.3, -0.25) is 4.79 Å². The van der Waals surface area contributed by atoms with E-state index in [1.165, 1.54) is 5.56 Å². The number of ether oxygens (including phenoxy) is 3. The van der Waals surface area contributed by atoms with Gasteiger partial charge in [-0.25, -0.2) is 4.79 Å². The maximum atomic E-state index is 13.6. The van der Waals surface area contributed by atoms with Gasteiger partial charge in [-0.1, -0.05) is 61.5 Å². The van der Waals surface area contributed by atoms with Crippen molar-refractivity contribution < 1.29 is 28.2 Å². The average Bonchev–Trinajstić information content (AvgIpc) is 3.51. The number of Topliss-reactive ketones (excluding diaryl/α,β-unsaturated/α-hetero) is 1. The predicted octanol–water partition coefficient (Wildman–Crippen LogP) is 7.90. The lowest BCUT2D eigenvalue weighted by Crippen LogP contribution is -2.09. The Labute approximate surface area is 231 Å². The summed E-state index contributed by atoms with van der Waals surface area (Å²) < 4.78 is 23.5. The van der Waals surface area contributed by atoms with Crippen LogP contribution in [0.1, 0.15) is 45.7 Å². The van der Waals surface area contributed by atoms with Gasteiger partial charge in [0.1, 0.15) is 34.2 Å². The van der Waals surface area contributed by atoms with E-state index >= 15 is 0 Å². The van der Waals surface area contributed by atoms with Crippen LogP contribution in [-0.2, 0) is 6.42 Å². The van der Waals surface area contributed by atoms with Crippen LogP contribution in [0.2, 0.25) is 0 Å². The summed E-state index contributed by atoms with van der Waals surface area (Å²) in [6.07, 6.45) is 2.65. The molecule has 0 N–H and O–H groups in total. The van der Waals surface area contributed by atoms with Crippen molar-refractivity contribution in [2.75, 3.05) is 6.61 Å². The average molecular weight is 531 g/mol. The third-order valence-corrected chi connectivity index (χ3v) is 6.75. The van der Waals surface area contributed by atoms with E-state index in [-0.39, 0.29) is 22.9 Å². The van der Waals surface area contributed by atoms with Gasteiger partial charge in [-0.2, -0.15) is 0 Å². The van der Waals surface area contributed by atoms with Gasteiger partial charge in [0.25, 0.3) is 0 Å². The van der Waals surface area contributed by atoms with E-state index in [1.807, 2.05) is 61.5 Å². The molecule has 0 saturated heterocycles. The molecule has 0 spiro atoms. The van der Waals surface area contributed by atoms with Crippen LogP contribution in [0.4, 0.5) is 0 Å². The van der Waals surface area contributed by atoms with Crippen molar-refractivity contribution >= 4 is 28.8 Å². The maximum absolute atomic E-state index is 13.6. The number of fused-ring (bicyclic) bond motifs is 2. The fourth-order valence-electron chi connectivity index (χ4n) is 4.72. The van der Waals surface area contributed by atoms with Crippen molar-refractivity contribution in [3.8, 4) is 28.6 Å². The third-order valence-electron chi connectivity index (χ3n) is 6.75. The molecular weight excluding hydrogens is 504 g/mol. The number of allylic oxidation sites excluding steroid dienone is 1. The van der Waals surface area contributed by atoms with E-state index < -0.39 is 5.97 Å². The summed E-state index contributed by atoms with van der Waals surface area (Å²) in [5, 5.41) is 0.585. The molecular formula is C34H26O6. The molecule has 0 unspecified atom stereocenters. The van der Waals surface area contributed by atoms with E-state index in [0.717, 1.165) is 17.5 Å². The molecule has 40 heavy (non-hydrogen) atoms. The number of benzene rings is 4. The summed E-state index contributed by atoms with van der Waals surface area (Å²) in [7, 11) is 0. The number of furan rings is 1. The highest BCUT2D eigenvalue weighted by Gasteiger charge is 2.29. The van der Waals surface area contributed by atoms with Crippen LogP contribution < -0.4 is 14.2 Å². The molecule has 6 heteroatoms. The Kier molecular flexibility index (Phi) is 6.66. The van der Waals surface area contributed by atoms with Gasteiger partial charge in [0, 0.05) is 17.0 Å². The fourth-order valence-corrected chi connectivity index (χ4v) is 4.72. The molecule has 5 aromatic rings. The first-order valence-electron chi connectivity index (χ1n) is 13.2. The van der Waals surface area contributed by atoms with Crippen LogP contribution in [0.15, 0.2) is 101 Å². The molecule has 1 aliphatic heterocycles. The van der Waals surface area contributed by atoms with Gasteiger partial charge in [-0.15, -0.1) is 0 Å². The van der Waals surface area contributed by atoms with Crippen LogP contribution in [0, 0.1) is 0 Å². The summed E-state index contributed by atoms with van der Waals surface area (Å²) in [6.45, 7) is 4.48. The highest BCUT2D eigenvalue weighted by Crippen LogP contribution is 2.38. The Morgan fingerprint density at radius 3 is 2.40 bits per heavy atom. The van der Waals surface area contributed by atoms with E-state index in [0.29, 0.717) is 40.4 Å². The summed E-state index contributed by atoms with van der Waals surface area (Å²) in [6, 6.07) is 27.5. The summed E-state index contributed by atoms with van der Waals surface area (Å²) in [4.78, 5) is 26.6. The van der Waals surface area contributed by atoms with E-state index in [4.69, 9.17) is 18.6 Å². The SMILES string of the molecule is CCOc1ccc2oc(-c3ccccc3)c(C(=O)Oc3ccc4c(c3)O/C(=C\c3ccc(CC)cc3)C4=O)c2c1. The molecule has 0 radical (unpaired) electrons. The summed E-state index contributed by atoms with van der Waals surface area (Å²) in [5.74, 6) is 1.02. The zero-order valence-electron chi connectivity index (χ0n) is 22.1. The number of carbonyl (C=O) groups excluding carboxylic acids is 2. The Bertz CT molecular complexity index is 1760. The van der Waals surface area contributed by atoms with Crippen molar-refractivity contribution in [3.63, 3.8) is 0 Å². The lowest BCUT2D eigenvalue weighted by atomic mass is 10.1. The van der Waals surface area contributed by atoms with Gasteiger partial charge in [-0.05, 0) is 60.9 Å². The van der Waals surface area contributed by atoms with Crippen LogP contribution in [-0.4, -0.2) is 18.4 Å². The van der Waals surface area contributed by atoms with Crippen molar-refractivity contribution in [2.24, 2.45) is 0 Å². The minimum atomic E-state index is -0.595. The van der Waals surface area contributed by atoms with Gasteiger partial charge >= 0.3 is 5.97 Å². The molecule has 6 nitrogen and oxygen atoms in total. The van der Waals surface area contributed by atoms with E-state index in [9.17, 15) is 9.59 Å². The summed E-state index contributed by atoms with van der Waals surface area (Å²) >= 11 is 0. The number of hydrogen-bond donors (Lipinski definition) is 0. The van der Waals surface area contributed by atoms with Crippen LogP contribution in [0.5, 0.6) is 17.2 Å². The maximum Gasteiger partial charge on any atom is 0.348 e. The number of rotatable bonds is 7. The second-order valence-corrected chi connectivity index (χ2v) is 9.35.